The fraction of sp³-hybridized carbons (Fsp3) is 0.273. The first-order valence-corrected chi connectivity index (χ1v) is 9.83. The van der Waals surface area contributed by atoms with Crippen molar-refractivity contribution >= 4 is 17.4 Å². The topological polar surface area (TPSA) is 70.9 Å². The van der Waals surface area contributed by atoms with E-state index in [-0.39, 0.29) is 6.04 Å². The molecule has 1 aliphatic rings. The van der Waals surface area contributed by atoms with Crippen LogP contribution in [0.5, 0.6) is 0 Å². The second kappa shape index (κ2) is 7.95. The van der Waals surface area contributed by atoms with Gasteiger partial charge in [0, 0.05) is 23.2 Å². The van der Waals surface area contributed by atoms with E-state index in [4.69, 9.17) is 27.7 Å². The van der Waals surface area contributed by atoms with Crippen molar-refractivity contribution in [1.82, 2.24) is 14.7 Å². The quantitative estimate of drug-likeness (QED) is 0.665. The number of aromatic nitrogens is 2. The number of hydrogen-bond donors (Lipinski definition) is 1. The van der Waals surface area contributed by atoms with Crippen molar-refractivity contribution in [3.05, 3.63) is 70.7 Å². The van der Waals surface area contributed by atoms with Crippen LogP contribution >= 0.6 is 11.6 Å². The molecule has 3 aromatic rings. The van der Waals surface area contributed by atoms with Gasteiger partial charge in [-0.1, -0.05) is 48.0 Å². The van der Waals surface area contributed by atoms with Crippen LogP contribution in [0.4, 0.5) is 5.82 Å². The maximum atomic E-state index is 9.16. The predicted molar refractivity (Wildman–Crippen MR) is 112 cm³/mol. The number of nitrogen functional groups attached to an aromatic ring is 1. The molecule has 28 heavy (non-hydrogen) atoms. The summed E-state index contributed by atoms with van der Waals surface area (Å²) in [6, 6.07) is 18.4. The van der Waals surface area contributed by atoms with E-state index < -0.39 is 0 Å². The summed E-state index contributed by atoms with van der Waals surface area (Å²) < 4.78 is 1.88. The molecule has 2 aromatic carbocycles. The first kappa shape index (κ1) is 18.4. The lowest BCUT2D eigenvalue weighted by molar-refractivity contribution is 0.235. The minimum absolute atomic E-state index is 0.145. The molecular formula is C22H22ClN5. The first-order valence-electron chi connectivity index (χ1n) is 9.46. The summed E-state index contributed by atoms with van der Waals surface area (Å²) in [5.41, 5.74) is 10.6. The highest BCUT2D eigenvalue weighted by atomic mass is 35.5. The van der Waals surface area contributed by atoms with E-state index in [2.05, 4.69) is 30.5 Å². The van der Waals surface area contributed by atoms with E-state index in [1.165, 1.54) is 11.1 Å². The number of rotatable bonds is 4. The van der Waals surface area contributed by atoms with Gasteiger partial charge in [0.2, 0.25) is 0 Å². The number of hydrogen-bond acceptors (Lipinski definition) is 4. The number of nitrogens with two attached hydrogens (primary N) is 1. The molecular weight excluding hydrogens is 370 g/mol. The van der Waals surface area contributed by atoms with Crippen LogP contribution in [0.1, 0.15) is 30.0 Å². The summed E-state index contributed by atoms with van der Waals surface area (Å²) in [4.78, 5) is 1.78. The highest BCUT2D eigenvalue weighted by molar-refractivity contribution is 6.30. The molecule has 1 atom stereocenters. The van der Waals surface area contributed by atoms with Crippen molar-refractivity contribution in [2.75, 3.05) is 18.8 Å². The SMILES string of the molecule is N#CN1CCCC(n2nc(-c3ccc(Cc4ccc(Cl)cc4)cc3)cc2N)C1. The molecule has 4 rings (SSSR count). The molecule has 0 amide bonds. The Bertz CT molecular complexity index is 985. The molecule has 1 fully saturated rings. The van der Waals surface area contributed by atoms with Gasteiger partial charge in [0.25, 0.3) is 0 Å². The Labute approximate surface area is 169 Å². The summed E-state index contributed by atoms with van der Waals surface area (Å²) in [6.45, 7) is 1.48. The number of likely N-dealkylation sites (tertiary alicyclic amines) is 1. The molecule has 6 heteroatoms. The molecule has 1 aromatic heterocycles. The third-order valence-corrected chi connectivity index (χ3v) is 5.47. The lowest BCUT2D eigenvalue weighted by atomic mass is 10.0. The Hall–Kier alpha value is -2.97. The van der Waals surface area contributed by atoms with Crippen LogP contribution in [0.15, 0.2) is 54.6 Å². The zero-order valence-corrected chi connectivity index (χ0v) is 16.3. The summed E-state index contributed by atoms with van der Waals surface area (Å²) in [7, 11) is 0. The molecule has 1 aliphatic heterocycles. The van der Waals surface area contributed by atoms with Gasteiger partial charge in [-0.05, 0) is 42.5 Å². The van der Waals surface area contributed by atoms with Crippen molar-refractivity contribution in [2.24, 2.45) is 0 Å². The van der Waals surface area contributed by atoms with Crippen molar-refractivity contribution in [2.45, 2.75) is 25.3 Å². The van der Waals surface area contributed by atoms with Crippen LogP contribution in [-0.4, -0.2) is 27.8 Å². The van der Waals surface area contributed by atoms with Gasteiger partial charge in [0.15, 0.2) is 6.19 Å². The molecule has 0 spiro atoms. The predicted octanol–water partition coefficient (Wildman–Crippen LogP) is 4.49. The average Bonchev–Trinajstić information content (AvgIpc) is 3.12. The van der Waals surface area contributed by atoms with Gasteiger partial charge in [0.05, 0.1) is 18.3 Å². The minimum Gasteiger partial charge on any atom is -0.384 e. The van der Waals surface area contributed by atoms with Gasteiger partial charge >= 0.3 is 0 Å². The molecule has 0 aliphatic carbocycles. The lowest BCUT2D eigenvalue weighted by Gasteiger charge is -2.29. The van der Waals surface area contributed by atoms with Crippen LogP contribution in [0.3, 0.4) is 0 Å². The third kappa shape index (κ3) is 3.97. The molecule has 2 heterocycles. The van der Waals surface area contributed by atoms with Gasteiger partial charge in [0.1, 0.15) is 5.82 Å². The third-order valence-electron chi connectivity index (χ3n) is 5.22. The summed E-state index contributed by atoms with van der Waals surface area (Å²) in [5.74, 6) is 0.644. The Morgan fingerprint density at radius 3 is 2.46 bits per heavy atom. The molecule has 0 radical (unpaired) electrons. The molecule has 5 nitrogen and oxygen atoms in total. The summed E-state index contributed by atoms with van der Waals surface area (Å²) in [5, 5.41) is 14.7. The van der Waals surface area contributed by atoms with Crippen molar-refractivity contribution in [3.63, 3.8) is 0 Å². The summed E-state index contributed by atoms with van der Waals surface area (Å²) >= 11 is 5.95. The van der Waals surface area contributed by atoms with Gasteiger partial charge in [-0.15, -0.1) is 0 Å². The second-order valence-corrected chi connectivity index (χ2v) is 7.68. The Morgan fingerprint density at radius 2 is 1.79 bits per heavy atom. The molecule has 0 saturated carbocycles. The van der Waals surface area contributed by atoms with Crippen LogP contribution in [-0.2, 0) is 6.42 Å². The first-order chi connectivity index (χ1) is 13.6. The average molecular weight is 392 g/mol. The maximum absolute atomic E-state index is 9.16. The number of piperidine rings is 1. The summed E-state index contributed by atoms with van der Waals surface area (Å²) in [6.07, 6.45) is 5.06. The van der Waals surface area contributed by atoms with Gasteiger partial charge in [-0.3, -0.25) is 0 Å². The molecule has 1 saturated heterocycles. The second-order valence-electron chi connectivity index (χ2n) is 7.24. The van der Waals surface area contributed by atoms with E-state index in [0.29, 0.717) is 12.4 Å². The van der Waals surface area contributed by atoms with E-state index in [0.717, 1.165) is 42.1 Å². The fourth-order valence-electron chi connectivity index (χ4n) is 3.72. The zero-order valence-electron chi connectivity index (χ0n) is 15.6. The van der Waals surface area contributed by atoms with Crippen molar-refractivity contribution in [1.29, 1.82) is 5.26 Å². The number of anilines is 1. The zero-order chi connectivity index (χ0) is 19.5. The van der Waals surface area contributed by atoms with Crippen molar-refractivity contribution in [3.8, 4) is 17.5 Å². The standard InChI is InChI=1S/C22H22ClN5/c23-19-9-5-17(6-10-19)12-16-3-7-18(8-4-16)21-13-22(25)28(26-21)20-2-1-11-27(14-20)15-24/h3-10,13,20H,1-2,11-12,14,25H2. The maximum Gasteiger partial charge on any atom is 0.179 e. The smallest absolute Gasteiger partial charge is 0.179 e. The van der Waals surface area contributed by atoms with Crippen LogP contribution in [0, 0.1) is 11.5 Å². The number of halogens is 1. The number of nitrogens with zero attached hydrogens (tertiary/aromatic N) is 4. The van der Waals surface area contributed by atoms with Gasteiger partial charge in [-0.25, -0.2) is 4.68 Å². The van der Waals surface area contributed by atoms with Crippen LogP contribution < -0.4 is 5.73 Å². The Balaban J connectivity index is 1.50. The molecule has 0 bridgehead atoms. The Kier molecular flexibility index (Phi) is 5.23. The minimum atomic E-state index is 0.145. The molecule has 2 N–H and O–H groups in total. The highest BCUT2D eigenvalue weighted by Crippen LogP contribution is 2.28. The molecule has 142 valence electrons. The number of nitriles is 1. The van der Waals surface area contributed by atoms with E-state index in [1.807, 2.05) is 35.0 Å². The normalized spacial score (nSPS) is 16.7. The van der Waals surface area contributed by atoms with E-state index >= 15 is 0 Å². The van der Waals surface area contributed by atoms with E-state index in [1.54, 1.807) is 4.90 Å². The van der Waals surface area contributed by atoms with Crippen LogP contribution in [0.25, 0.3) is 11.3 Å². The van der Waals surface area contributed by atoms with Gasteiger partial charge < -0.3 is 10.6 Å². The van der Waals surface area contributed by atoms with Crippen LogP contribution in [0.2, 0.25) is 5.02 Å². The monoisotopic (exact) mass is 391 g/mol. The van der Waals surface area contributed by atoms with E-state index in [9.17, 15) is 0 Å². The largest absolute Gasteiger partial charge is 0.384 e. The van der Waals surface area contributed by atoms with Gasteiger partial charge in [-0.2, -0.15) is 10.4 Å². The fourth-order valence-corrected chi connectivity index (χ4v) is 3.84. The Morgan fingerprint density at radius 1 is 1.11 bits per heavy atom. The number of benzene rings is 2. The van der Waals surface area contributed by atoms with Crippen molar-refractivity contribution < 1.29 is 0 Å². The molecule has 1 unspecified atom stereocenters. The lowest BCUT2D eigenvalue weighted by Crippen LogP contribution is -2.34. The highest BCUT2D eigenvalue weighted by Gasteiger charge is 2.23.